The van der Waals surface area contributed by atoms with Crippen molar-refractivity contribution in [3.63, 3.8) is 0 Å². The fourth-order valence-corrected chi connectivity index (χ4v) is 5.95. The quantitative estimate of drug-likeness (QED) is 0.185. The number of aryl methyl sites for hydroxylation is 2. The summed E-state index contributed by atoms with van der Waals surface area (Å²) in [4.78, 5) is 35.4. The van der Waals surface area contributed by atoms with E-state index in [0.717, 1.165) is 12.3 Å². The van der Waals surface area contributed by atoms with Crippen molar-refractivity contribution in [3.8, 4) is 17.4 Å². The smallest absolute Gasteiger partial charge is 0.355 e. The van der Waals surface area contributed by atoms with E-state index in [0.29, 0.717) is 4.68 Å². The topological polar surface area (TPSA) is 218 Å². The van der Waals surface area contributed by atoms with E-state index in [-0.39, 0.29) is 72.7 Å². The Morgan fingerprint density at radius 3 is 2.31 bits per heavy atom. The van der Waals surface area contributed by atoms with Crippen LogP contribution in [0.1, 0.15) is 18.2 Å². The normalized spacial score (nSPS) is 11.4. The minimum absolute atomic E-state index is 0.0181. The van der Waals surface area contributed by atoms with Crippen LogP contribution in [-0.4, -0.2) is 78.0 Å². The van der Waals surface area contributed by atoms with E-state index >= 15 is 0 Å². The number of ether oxygens (including phenoxy) is 2. The zero-order valence-electron chi connectivity index (χ0n) is 25.6. The summed E-state index contributed by atoms with van der Waals surface area (Å²) in [5.74, 6) is 0.159. The van der Waals surface area contributed by atoms with Gasteiger partial charge in [-0.15, -0.1) is 16.7 Å². The second-order valence-electron chi connectivity index (χ2n) is 9.28. The summed E-state index contributed by atoms with van der Waals surface area (Å²) in [5, 5.41) is 5.84. The van der Waals surface area contributed by atoms with Gasteiger partial charge in [-0.3, -0.25) is 10.0 Å². The van der Waals surface area contributed by atoms with E-state index in [4.69, 9.17) is 44.3 Å². The van der Waals surface area contributed by atoms with E-state index in [2.05, 4.69) is 30.1 Å². The summed E-state index contributed by atoms with van der Waals surface area (Å²) in [6, 6.07) is 7.10. The summed E-state index contributed by atoms with van der Waals surface area (Å²) in [6.45, 7) is -0.168. The van der Waals surface area contributed by atoms with E-state index in [1.165, 1.54) is 38.3 Å². The van der Waals surface area contributed by atoms with Crippen molar-refractivity contribution < 1.29 is 39.9 Å². The average Bonchev–Trinajstić information content (AvgIpc) is 3.29. The molecular weight excluding hydrogens is 763 g/mol. The Morgan fingerprint density at radius 2 is 1.71 bits per heavy atom. The average molecular weight is 789 g/mol. The zero-order valence-corrected chi connectivity index (χ0v) is 29.5. The van der Waals surface area contributed by atoms with Crippen molar-refractivity contribution >= 4 is 72.5 Å². The lowest BCUT2D eigenvalue weighted by molar-refractivity contribution is 0.0640. The molecular formula is C25H26Cl3F2N9O8S2. The third-order valence-corrected chi connectivity index (χ3v) is 8.30. The van der Waals surface area contributed by atoms with Gasteiger partial charge in [-0.25, -0.2) is 35.7 Å². The van der Waals surface area contributed by atoms with Gasteiger partial charge >= 0.3 is 24.3 Å². The highest BCUT2D eigenvalue weighted by Gasteiger charge is 2.23. The maximum atomic E-state index is 12.8. The van der Waals surface area contributed by atoms with Gasteiger partial charge < -0.3 is 9.47 Å². The molecule has 17 nitrogen and oxygen atoms in total. The molecule has 0 aliphatic heterocycles. The summed E-state index contributed by atoms with van der Waals surface area (Å²) >= 11 is 17.4. The van der Waals surface area contributed by atoms with Crippen molar-refractivity contribution in [1.82, 2.24) is 34.0 Å². The highest BCUT2D eigenvalue weighted by molar-refractivity contribution is 7.92. The monoisotopic (exact) mass is 787 g/mol. The number of carbonyl (C=O) groups excluding carboxylic acids is 1. The second kappa shape index (κ2) is 16.4. The fourth-order valence-electron chi connectivity index (χ4n) is 3.68. The van der Waals surface area contributed by atoms with Crippen molar-refractivity contribution in [2.75, 3.05) is 35.9 Å². The molecule has 0 aliphatic rings. The Kier molecular flexibility index (Phi) is 13.1. The maximum Gasteiger partial charge on any atom is 0.355 e. The van der Waals surface area contributed by atoms with E-state index in [1.54, 1.807) is 13.0 Å². The molecule has 49 heavy (non-hydrogen) atoms. The number of amides is 2. The van der Waals surface area contributed by atoms with Gasteiger partial charge in [0.05, 0.1) is 40.7 Å². The standard InChI is InChI=1S/C14H16ClN5O5S.C11H10Cl2F2N4O3S/c1-9-16-12(19-14(17-9)24-2)18-13(21)20-26(22,23)11-6-4-3-5-10(11)25-8-7-15;1-5-16-19(11(20)18(5)10(14)15)9-4-8(17-23(2,21)22)6(12)3-7(9)13/h3-6H,7-8H2,1-2H3,(H2,16,17,18,19,20,21);3-4,10,17H,1-2H3. The number of nitrogens with zero attached hydrogens (tertiary/aromatic N) is 6. The Hall–Kier alpha value is -4.31. The molecule has 2 heterocycles. The van der Waals surface area contributed by atoms with Crippen molar-refractivity contribution in [2.45, 2.75) is 25.3 Å². The van der Waals surface area contributed by atoms with Crippen LogP contribution in [0.15, 0.2) is 46.1 Å². The van der Waals surface area contributed by atoms with Gasteiger partial charge in [-0.2, -0.15) is 28.4 Å². The zero-order chi connectivity index (χ0) is 36.7. The summed E-state index contributed by atoms with van der Waals surface area (Å²) in [6.07, 6.45) is 0.902. The van der Waals surface area contributed by atoms with Crippen LogP contribution in [0.2, 0.25) is 10.0 Å². The molecule has 2 amide bonds. The molecule has 0 saturated heterocycles. The molecule has 0 saturated carbocycles. The van der Waals surface area contributed by atoms with Gasteiger partial charge in [0.25, 0.3) is 10.0 Å². The Labute approximate surface area is 292 Å². The van der Waals surface area contributed by atoms with E-state index in [9.17, 15) is 35.2 Å². The molecule has 4 aromatic rings. The number of sulfonamides is 2. The molecule has 0 spiro atoms. The highest BCUT2D eigenvalue weighted by Crippen LogP contribution is 2.31. The van der Waals surface area contributed by atoms with Crippen LogP contribution in [0.5, 0.6) is 11.8 Å². The number of alkyl halides is 3. The Bertz CT molecular complexity index is 2120. The third-order valence-electron chi connectivity index (χ3n) is 5.57. The molecule has 0 aliphatic carbocycles. The Morgan fingerprint density at radius 1 is 1.04 bits per heavy atom. The molecule has 0 bridgehead atoms. The van der Waals surface area contributed by atoms with Crippen LogP contribution in [0.25, 0.3) is 5.69 Å². The third kappa shape index (κ3) is 10.6. The van der Waals surface area contributed by atoms with Gasteiger partial charge in [0.2, 0.25) is 16.0 Å². The second-order valence-corrected chi connectivity index (χ2v) is 13.9. The number of halogens is 5. The lowest BCUT2D eigenvalue weighted by atomic mass is 10.3. The van der Waals surface area contributed by atoms with Gasteiger partial charge in [-0.05, 0) is 38.1 Å². The van der Waals surface area contributed by atoms with Crippen molar-refractivity contribution in [2.24, 2.45) is 0 Å². The first-order chi connectivity index (χ1) is 22.9. The molecule has 3 N–H and O–H groups in total. The summed E-state index contributed by atoms with van der Waals surface area (Å²) < 4.78 is 88.2. The molecule has 0 atom stereocenters. The number of hydrogen-bond acceptors (Lipinski definition) is 12. The van der Waals surface area contributed by atoms with Crippen molar-refractivity contribution in [3.05, 3.63) is 68.6 Å². The molecule has 0 unspecified atom stereocenters. The summed E-state index contributed by atoms with van der Waals surface area (Å²) in [5.41, 5.74) is -1.27. The number of carbonyl (C=O) groups is 1. The highest BCUT2D eigenvalue weighted by atomic mass is 35.5. The number of aromatic nitrogens is 6. The predicted molar refractivity (Wildman–Crippen MR) is 175 cm³/mol. The first kappa shape index (κ1) is 39.1. The number of rotatable bonds is 11. The van der Waals surface area contributed by atoms with Crippen LogP contribution in [-0.2, 0) is 20.0 Å². The molecule has 2 aromatic heterocycles. The molecule has 4 rings (SSSR count). The minimum Gasteiger partial charge on any atom is -0.491 e. The van der Waals surface area contributed by atoms with Crippen LogP contribution >= 0.6 is 34.8 Å². The largest absolute Gasteiger partial charge is 0.491 e. The van der Waals surface area contributed by atoms with Gasteiger partial charge in [0, 0.05) is 0 Å². The van der Waals surface area contributed by atoms with Crippen LogP contribution < -0.4 is 29.9 Å². The van der Waals surface area contributed by atoms with Gasteiger partial charge in [-0.1, -0.05) is 35.3 Å². The molecule has 24 heteroatoms. The predicted octanol–water partition coefficient (Wildman–Crippen LogP) is 3.73. The number of benzene rings is 2. The number of methoxy groups -OCH3 is 1. The van der Waals surface area contributed by atoms with Crippen molar-refractivity contribution in [1.29, 1.82) is 0 Å². The fraction of sp³-hybridized carbons (Fsp3) is 0.280. The molecule has 266 valence electrons. The first-order valence-corrected chi connectivity index (χ1v) is 17.8. The first-order valence-electron chi connectivity index (χ1n) is 13.2. The van der Waals surface area contributed by atoms with Crippen LogP contribution in [0, 0.1) is 13.8 Å². The van der Waals surface area contributed by atoms with Crippen LogP contribution in [0.3, 0.4) is 0 Å². The maximum absolute atomic E-state index is 12.8. The molecule has 0 fully saturated rings. The molecule has 2 aromatic carbocycles. The number of hydrogen-bond donors (Lipinski definition) is 3. The minimum atomic E-state index is -4.20. The SMILES string of the molecule is COc1nc(C)nc(NC(=O)NS(=O)(=O)c2ccccc2OCCCl)n1.Cc1nn(-c2cc(NS(C)(=O)=O)c(Cl)cc2Cl)c(=O)n1C(F)F. The van der Waals surface area contributed by atoms with Gasteiger partial charge in [0.1, 0.15) is 28.9 Å². The number of anilines is 2. The van der Waals surface area contributed by atoms with Crippen LogP contribution in [0.4, 0.5) is 25.2 Å². The lowest BCUT2D eigenvalue weighted by Crippen LogP contribution is -2.35. The number of urea groups is 1. The lowest BCUT2D eigenvalue weighted by Gasteiger charge is -2.12. The number of nitrogens with one attached hydrogen (secondary N) is 3. The van der Waals surface area contributed by atoms with E-state index in [1.807, 2.05) is 4.72 Å². The summed E-state index contributed by atoms with van der Waals surface area (Å²) in [7, 11) is -6.50. The number of para-hydroxylation sites is 1. The van der Waals surface area contributed by atoms with E-state index < -0.39 is 38.3 Å². The Balaban J connectivity index is 0.000000267. The van der Waals surface area contributed by atoms with Gasteiger partial charge in [0.15, 0.2) is 0 Å². The molecule has 0 radical (unpaired) electrons.